The van der Waals surface area contributed by atoms with E-state index in [0.29, 0.717) is 31.7 Å². The molecule has 0 unspecified atom stereocenters. The molecular formula is C21H26N2O3S. The highest BCUT2D eigenvalue weighted by atomic mass is 32.2. The molecule has 2 aromatic rings. The average molecular weight is 387 g/mol. The van der Waals surface area contributed by atoms with Gasteiger partial charge < -0.3 is 0 Å². The van der Waals surface area contributed by atoms with E-state index in [1.54, 1.807) is 12.1 Å². The molecule has 0 saturated carbocycles. The molecule has 0 spiro atoms. The van der Waals surface area contributed by atoms with E-state index in [1.807, 2.05) is 0 Å². The van der Waals surface area contributed by atoms with Gasteiger partial charge >= 0.3 is 0 Å². The van der Waals surface area contributed by atoms with E-state index in [1.165, 1.54) is 40.1 Å². The summed E-state index contributed by atoms with van der Waals surface area (Å²) in [4.78, 5) is 13.9. The van der Waals surface area contributed by atoms with Gasteiger partial charge in [-0.3, -0.25) is 9.69 Å². The monoisotopic (exact) mass is 386 g/mol. The van der Waals surface area contributed by atoms with Gasteiger partial charge in [-0.15, -0.1) is 0 Å². The molecule has 0 bridgehead atoms. The van der Waals surface area contributed by atoms with Gasteiger partial charge in [0.25, 0.3) is 0 Å². The first-order valence-electron chi connectivity index (χ1n) is 9.16. The highest BCUT2D eigenvalue weighted by Gasteiger charge is 2.28. The third-order valence-electron chi connectivity index (χ3n) is 4.92. The lowest BCUT2D eigenvalue weighted by Crippen LogP contribution is -2.48. The molecule has 6 heteroatoms. The van der Waals surface area contributed by atoms with Crippen molar-refractivity contribution in [1.82, 2.24) is 9.21 Å². The van der Waals surface area contributed by atoms with Crippen molar-refractivity contribution < 1.29 is 13.2 Å². The first kappa shape index (κ1) is 19.7. The van der Waals surface area contributed by atoms with Crippen molar-refractivity contribution in [3.63, 3.8) is 0 Å². The Labute approximate surface area is 161 Å². The van der Waals surface area contributed by atoms with Crippen molar-refractivity contribution in [2.24, 2.45) is 0 Å². The Kier molecular flexibility index (Phi) is 5.79. The normalized spacial score (nSPS) is 16.4. The molecule has 1 aliphatic heterocycles. The summed E-state index contributed by atoms with van der Waals surface area (Å²) in [6.07, 6.45) is 0. The Morgan fingerprint density at radius 3 is 2.00 bits per heavy atom. The van der Waals surface area contributed by atoms with Crippen LogP contribution in [0.5, 0.6) is 0 Å². The summed E-state index contributed by atoms with van der Waals surface area (Å²) < 4.78 is 27.2. The molecule has 1 saturated heterocycles. The average Bonchev–Trinajstić information content (AvgIpc) is 2.61. The van der Waals surface area contributed by atoms with Gasteiger partial charge in [0.1, 0.15) is 0 Å². The van der Waals surface area contributed by atoms with Gasteiger partial charge in [-0.2, -0.15) is 4.31 Å². The van der Waals surface area contributed by atoms with Crippen molar-refractivity contribution in [2.75, 3.05) is 26.2 Å². The molecule has 0 amide bonds. The van der Waals surface area contributed by atoms with Crippen LogP contribution in [0.2, 0.25) is 0 Å². The number of rotatable bonds is 5. The zero-order valence-corrected chi connectivity index (χ0v) is 16.9. The number of hydrogen-bond donors (Lipinski definition) is 0. The minimum atomic E-state index is -3.52. The number of nitrogens with zero attached hydrogens (tertiary/aromatic N) is 2. The Morgan fingerprint density at radius 2 is 1.48 bits per heavy atom. The van der Waals surface area contributed by atoms with Gasteiger partial charge in [0, 0.05) is 38.3 Å². The van der Waals surface area contributed by atoms with Gasteiger partial charge in [-0.1, -0.05) is 41.5 Å². The predicted molar refractivity (Wildman–Crippen MR) is 106 cm³/mol. The summed E-state index contributed by atoms with van der Waals surface area (Å²) in [6, 6.07) is 12.7. The number of ketones is 1. The van der Waals surface area contributed by atoms with E-state index in [9.17, 15) is 13.2 Å². The summed E-state index contributed by atoms with van der Waals surface area (Å²) in [5.74, 6) is -0.0704. The maximum absolute atomic E-state index is 12.8. The fraction of sp³-hybridized carbons (Fsp3) is 0.381. The highest BCUT2D eigenvalue weighted by molar-refractivity contribution is 7.89. The molecule has 3 rings (SSSR count). The second-order valence-corrected chi connectivity index (χ2v) is 9.19. The third-order valence-corrected chi connectivity index (χ3v) is 6.83. The van der Waals surface area contributed by atoms with E-state index in [0.717, 1.165) is 6.54 Å². The number of carbonyl (C=O) groups excluding carboxylic acids is 1. The fourth-order valence-corrected chi connectivity index (χ4v) is 4.98. The third kappa shape index (κ3) is 4.64. The fourth-order valence-electron chi connectivity index (χ4n) is 3.56. The first-order chi connectivity index (χ1) is 12.8. The van der Waals surface area contributed by atoms with E-state index in [4.69, 9.17) is 0 Å². The van der Waals surface area contributed by atoms with Crippen molar-refractivity contribution in [3.8, 4) is 0 Å². The van der Waals surface area contributed by atoms with Gasteiger partial charge in [0.05, 0.1) is 4.90 Å². The lowest BCUT2D eigenvalue weighted by Gasteiger charge is -2.34. The minimum Gasteiger partial charge on any atom is -0.296 e. The summed E-state index contributed by atoms with van der Waals surface area (Å²) in [7, 11) is -3.52. The first-order valence-corrected chi connectivity index (χ1v) is 10.6. The van der Waals surface area contributed by atoms with Crippen LogP contribution in [0.3, 0.4) is 0 Å². The predicted octanol–water partition coefficient (Wildman–Crippen LogP) is 3.01. The quantitative estimate of drug-likeness (QED) is 0.741. The van der Waals surface area contributed by atoms with Gasteiger partial charge in [0.15, 0.2) is 5.78 Å². The number of sulfonamides is 1. The maximum atomic E-state index is 12.8. The number of piperazine rings is 1. The van der Waals surface area contributed by atoms with Gasteiger partial charge in [-0.05, 0) is 38.5 Å². The van der Waals surface area contributed by atoms with Crippen LogP contribution in [0.4, 0.5) is 0 Å². The van der Waals surface area contributed by atoms with Crippen LogP contribution in [-0.4, -0.2) is 49.6 Å². The Morgan fingerprint density at radius 1 is 0.926 bits per heavy atom. The maximum Gasteiger partial charge on any atom is 0.243 e. The molecule has 144 valence electrons. The lowest BCUT2D eigenvalue weighted by molar-refractivity contribution is 0.101. The molecular weight excluding hydrogens is 360 g/mol. The van der Waals surface area contributed by atoms with E-state index in [2.05, 4.69) is 36.9 Å². The van der Waals surface area contributed by atoms with Crippen LogP contribution in [0.25, 0.3) is 0 Å². The van der Waals surface area contributed by atoms with Gasteiger partial charge in [-0.25, -0.2) is 8.42 Å². The number of hydrogen-bond acceptors (Lipinski definition) is 4. The minimum absolute atomic E-state index is 0.0704. The zero-order valence-electron chi connectivity index (χ0n) is 16.1. The molecule has 0 N–H and O–H groups in total. The zero-order chi connectivity index (χ0) is 19.6. The van der Waals surface area contributed by atoms with E-state index >= 15 is 0 Å². The molecule has 1 fully saturated rings. The van der Waals surface area contributed by atoms with Crippen LogP contribution >= 0.6 is 0 Å². The standard InChI is InChI=1S/C21H26N2O3S/c1-16-12-17(2)14-19(13-16)15-22-8-10-23(11-9-22)27(25,26)21-6-4-20(5-7-21)18(3)24/h4-7,12-14H,8-11,15H2,1-3H3. The highest BCUT2D eigenvalue weighted by Crippen LogP contribution is 2.20. The van der Waals surface area contributed by atoms with Crippen LogP contribution in [0, 0.1) is 13.8 Å². The summed E-state index contributed by atoms with van der Waals surface area (Å²) in [6.45, 7) is 8.86. The van der Waals surface area contributed by atoms with Crippen molar-refractivity contribution in [3.05, 3.63) is 64.7 Å². The number of Topliss-reactive ketones (excluding diaryl/α,β-unsaturated/α-hetero) is 1. The molecule has 27 heavy (non-hydrogen) atoms. The molecule has 0 aromatic heterocycles. The lowest BCUT2D eigenvalue weighted by atomic mass is 10.1. The van der Waals surface area contributed by atoms with Crippen LogP contribution < -0.4 is 0 Å². The number of benzene rings is 2. The molecule has 1 aliphatic rings. The second kappa shape index (κ2) is 7.92. The smallest absolute Gasteiger partial charge is 0.243 e. The summed E-state index contributed by atoms with van der Waals surface area (Å²) >= 11 is 0. The molecule has 0 aliphatic carbocycles. The van der Waals surface area contributed by atoms with Crippen LogP contribution in [-0.2, 0) is 16.6 Å². The molecule has 5 nitrogen and oxygen atoms in total. The van der Waals surface area contributed by atoms with Crippen molar-refractivity contribution >= 4 is 15.8 Å². The Balaban J connectivity index is 1.64. The second-order valence-electron chi connectivity index (χ2n) is 7.26. The Bertz CT molecular complexity index is 908. The van der Waals surface area contributed by atoms with E-state index in [-0.39, 0.29) is 10.7 Å². The molecule has 0 atom stereocenters. The SMILES string of the molecule is CC(=O)c1ccc(S(=O)(=O)N2CCN(Cc3cc(C)cc(C)c3)CC2)cc1. The van der Waals surface area contributed by atoms with Crippen LogP contribution in [0.15, 0.2) is 47.4 Å². The topological polar surface area (TPSA) is 57.7 Å². The number of carbonyl (C=O) groups is 1. The summed E-state index contributed by atoms with van der Waals surface area (Å²) in [5, 5.41) is 0. The Hall–Kier alpha value is -2.02. The van der Waals surface area contributed by atoms with Crippen LogP contribution in [0.1, 0.15) is 34.0 Å². The molecule has 1 heterocycles. The molecule has 2 aromatic carbocycles. The molecule has 0 radical (unpaired) electrons. The number of aryl methyl sites for hydroxylation is 2. The van der Waals surface area contributed by atoms with Gasteiger partial charge in [0.2, 0.25) is 10.0 Å². The van der Waals surface area contributed by atoms with Crippen molar-refractivity contribution in [1.29, 1.82) is 0 Å². The summed E-state index contributed by atoms with van der Waals surface area (Å²) in [5.41, 5.74) is 4.29. The van der Waals surface area contributed by atoms with Crippen molar-refractivity contribution in [2.45, 2.75) is 32.2 Å². The largest absolute Gasteiger partial charge is 0.296 e. The van der Waals surface area contributed by atoms with E-state index < -0.39 is 10.0 Å².